The lowest BCUT2D eigenvalue weighted by Gasteiger charge is -2.18. The minimum atomic E-state index is -4.27. The fraction of sp³-hybridized carbons (Fsp3) is 0.240. The van der Waals surface area contributed by atoms with Crippen molar-refractivity contribution >= 4 is 26.9 Å². The molecule has 2 atom stereocenters. The Morgan fingerprint density at radius 3 is 2.46 bits per heavy atom. The summed E-state index contributed by atoms with van der Waals surface area (Å²) in [4.78, 5) is 20.6. The Morgan fingerprint density at radius 2 is 1.81 bits per heavy atom. The van der Waals surface area contributed by atoms with Crippen molar-refractivity contribution in [2.45, 2.75) is 30.3 Å². The maximum Gasteiger partial charge on any atom is 0.392 e. The first kappa shape index (κ1) is 24.8. The lowest BCUT2D eigenvalue weighted by Crippen LogP contribution is -2.19. The summed E-state index contributed by atoms with van der Waals surface area (Å²) in [5.74, 6) is -1.89. The van der Waals surface area contributed by atoms with Gasteiger partial charge in [-0.25, -0.2) is 23.1 Å². The molecule has 1 fully saturated rings. The van der Waals surface area contributed by atoms with E-state index in [1.807, 2.05) is 0 Å². The molecule has 0 spiro atoms. The van der Waals surface area contributed by atoms with Crippen molar-refractivity contribution in [3.05, 3.63) is 82.4 Å². The number of hydrogen-bond donors (Lipinski definition) is 1. The number of alkyl halides is 3. The van der Waals surface area contributed by atoms with Gasteiger partial charge in [0.1, 0.15) is 5.75 Å². The molecule has 0 amide bonds. The Kier molecular flexibility index (Phi) is 5.94. The van der Waals surface area contributed by atoms with Crippen LogP contribution in [0.15, 0.2) is 70.6 Å². The molecule has 192 valence electrons. The first-order valence-corrected chi connectivity index (χ1v) is 12.7. The Morgan fingerprint density at radius 1 is 1.08 bits per heavy atom. The predicted molar refractivity (Wildman–Crippen MR) is 131 cm³/mol. The third-order valence-electron chi connectivity index (χ3n) is 6.39. The lowest BCUT2D eigenvalue weighted by molar-refractivity contribution is -0.148. The second kappa shape index (κ2) is 8.87. The van der Waals surface area contributed by atoms with E-state index in [1.165, 1.54) is 54.4 Å². The molecule has 0 saturated heterocycles. The smallest absolute Gasteiger partial charge is 0.392 e. The number of nitrogens with zero attached hydrogens (tertiary/aromatic N) is 3. The zero-order valence-corrected chi connectivity index (χ0v) is 20.5. The Balaban J connectivity index is 1.58. The summed E-state index contributed by atoms with van der Waals surface area (Å²) in [6, 6.07) is 11.7. The van der Waals surface area contributed by atoms with E-state index in [0.717, 1.165) is 0 Å². The van der Waals surface area contributed by atoms with Crippen LogP contribution in [0.2, 0.25) is 0 Å². The van der Waals surface area contributed by atoms with Gasteiger partial charge in [-0.05, 0) is 72.9 Å². The SMILES string of the molecule is COc1cc([C@@H]2C[C@H]2C(F)(F)F)c(C)cc1-n1c(=O)ccc2cc(S(=O)(=O)Nc3ncccn3)ccc21. The Bertz CT molecular complexity index is 1670. The number of anilines is 1. The van der Waals surface area contributed by atoms with Gasteiger partial charge in [0.25, 0.3) is 15.6 Å². The largest absolute Gasteiger partial charge is 0.495 e. The Labute approximate surface area is 209 Å². The summed E-state index contributed by atoms with van der Waals surface area (Å²) >= 11 is 0. The number of pyridine rings is 1. The third kappa shape index (κ3) is 4.64. The van der Waals surface area contributed by atoms with E-state index in [2.05, 4.69) is 14.7 Å². The summed E-state index contributed by atoms with van der Waals surface area (Å²) in [5, 5.41) is 0.444. The number of halogens is 3. The van der Waals surface area contributed by atoms with Gasteiger partial charge in [-0.1, -0.05) is 0 Å². The van der Waals surface area contributed by atoms with E-state index in [0.29, 0.717) is 27.7 Å². The van der Waals surface area contributed by atoms with Gasteiger partial charge in [-0.3, -0.25) is 9.36 Å². The zero-order chi connectivity index (χ0) is 26.5. The minimum Gasteiger partial charge on any atom is -0.495 e. The average molecular weight is 531 g/mol. The van der Waals surface area contributed by atoms with Crippen molar-refractivity contribution in [2.75, 3.05) is 11.8 Å². The van der Waals surface area contributed by atoms with Crippen LogP contribution in [0.25, 0.3) is 16.6 Å². The molecule has 2 heterocycles. The van der Waals surface area contributed by atoms with Crippen LogP contribution in [0.4, 0.5) is 19.1 Å². The number of rotatable bonds is 6. The molecule has 2 aromatic heterocycles. The van der Waals surface area contributed by atoms with Crippen molar-refractivity contribution in [3.63, 3.8) is 0 Å². The summed E-state index contributed by atoms with van der Waals surface area (Å²) in [6.07, 6.45) is -1.45. The molecule has 37 heavy (non-hydrogen) atoms. The van der Waals surface area contributed by atoms with Crippen LogP contribution in [0.3, 0.4) is 0 Å². The topological polar surface area (TPSA) is 103 Å². The first-order chi connectivity index (χ1) is 17.5. The number of aromatic nitrogens is 3. The van der Waals surface area contributed by atoms with Gasteiger partial charge in [-0.2, -0.15) is 13.2 Å². The van der Waals surface area contributed by atoms with Crippen molar-refractivity contribution in [3.8, 4) is 11.4 Å². The van der Waals surface area contributed by atoms with Crippen LogP contribution >= 0.6 is 0 Å². The Hall–Kier alpha value is -3.93. The quantitative estimate of drug-likeness (QED) is 0.392. The molecule has 8 nitrogen and oxygen atoms in total. The van der Waals surface area contributed by atoms with Gasteiger partial charge in [0.2, 0.25) is 5.95 Å². The van der Waals surface area contributed by atoms with Gasteiger partial charge in [-0.15, -0.1) is 0 Å². The number of hydrogen-bond acceptors (Lipinski definition) is 6. The summed E-state index contributed by atoms with van der Waals surface area (Å²) < 4.78 is 74.4. The van der Waals surface area contributed by atoms with E-state index in [1.54, 1.807) is 25.1 Å². The van der Waals surface area contributed by atoms with E-state index in [4.69, 9.17) is 4.74 Å². The van der Waals surface area contributed by atoms with Crippen LogP contribution in [-0.4, -0.2) is 36.2 Å². The molecular weight excluding hydrogens is 509 g/mol. The highest BCUT2D eigenvalue weighted by Gasteiger charge is 2.56. The van der Waals surface area contributed by atoms with Crippen molar-refractivity contribution in [1.82, 2.24) is 14.5 Å². The number of benzene rings is 2. The standard InChI is InChI=1S/C25H21F3N4O4S/c1-14-10-21(22(36-2)13-17(14)18-12-19(18)25(26,27)28)32-20-6-5-16(11-15(20)4-7-23(32)33)37(34,35)31-24-29-8-3-9-30-24/h3-11,13,18-19H,12H2,1-2H3,(H,29,30,31)/t18-,19+/m0/s1. The van der Waals surface area contributed by atoms with Gasteiger partial charge >= 0.3 is 6.18 Å². The predicted octanol–water partition coefficient (Wildman–Crippen LogP) is 4.56. The molecule has 5 rings (SSSR count). The number of aryl methyl sites for hydroxylation is 1. The first-order valence-electron chi connectivity index (χ1n) is 11.2. The second-order valence-corrected chi connectivity index (χ2v) is 10.5. The molecule has 0 bridgehead atoms. The molecular formula is C25H21F3N4O4S. The highest BCUT2D eigenvalue weighted by Crippen LogP contribution is 2.57. The van der Waals surface area contributed by atoms with Gasteiger partial charge in [0.15, 0.2) is 0 Å². The number of methoxy groups -OCH3 is 1. The highest BCUT2D eigenvalue weighted by atomic mass is 32.2. The molecule has 0 unspecified atom stereocenters. The number of fused-ring (bicyclic) bond motifs is 1. The fourth-order valence-electron chi connectivity index (χ4n) is 4.50. The summed E-state index contributed by atoms with van der Waals surface area (Å²) in [6.45, 7) is 1.70. The number of nitrogens with one attached hydrogen (secondary N) is 1. The monoisotopic (exact) mass is 530 g/mol. The lowest BCUT2D eigenvalue weighted by atomic mass is 10.0. The highest BCUT2D eigenvalue weighted by molar-refractivity contribution is 7.92. The summed E-state index contributed by atoms with van der Waals surface area (Å²) in [7, 11) is -2.64. The second-order valence-electron chi connectivity index (χ2n) is 8.78. The summed E-state index contributed by atoms with van der Waals surface area (Å²) in [5.41, 5.74) is 1.45. The maximum absolute atomic E-state index is 13.2. The van der Waals surface area contributed by atoms with E-state index < -0.39 is 33.6 Å². The normalized spacial score (nSPS) is 17.5. The van der Waals surface area contributed by atoms with Crippen molar-refractivity contribution in [2.24, 2.45) is 5.92 Å². The molecule has 1 aliphatic carbocycles. The van der Waals surface area contributed by atoms with E-state index in [-0.39, 0.29) is 23.0 Å². The van der Waals surface area contributed by atoms with Crippen LogP contribution < -0.4 is 15.0 Å². The van der Waals surface area contributed by atoms with Gasteiger partial charge in [0, 0.05) is 23.8 Å². The molecule has 1 N–H and O–H groups in total. The van der Waals surface area contributed by atoms with Crippen LogP contribution in [0.1, 0.15) is 23.5 Å². The maximum atomic E-state index is 13.2. The number of ether oxygens (including phenoxy) is 1. The van der Waals surface area contributed by atoms with Gasteiger partial charge in [0.05, 0.1) is 29.1 Å². The number of sulfonamides is 1. The minimum absolute atomic E-state index is 0.0143. The van der Waals surface area contributed by atoms with Gasteiger partial charge < -0.3 is 4.74 Å². The molecule has 0 aliphatic heterocycles. The van der Waals surface area contributed by atoms with Crippen molar-refractivity contribution in [1.29, 1.82) is 0 Å². The zero-order valence-electron chi connectivity index (χ0n) is 19.7. The average Bonchev–Trinajstić information content (AvgIpc) is 3.65. The van der Waals surface area contributed by atoms with Crippen LogP contribution in [-0.2, 0) is 10.0 Å². The molecule has 1 saturated carbocycles. The van der Waals surface area contributed by atoms with E-state index >= 15 is 0 Å². The van der Waals surface area contributed by atoms with Crippen LogP contribution in [0.5, 0.6) is 5.75 Å². The van der Waals surface area contributed by atoms with E-state index in [9.17, 15) is 26.4 Å². The molecule has 1 aliphatic rings. The molecule has 4 aromatic rings. The molecule has 12 heteroatoms. The molecule has 0 radical (unpaired) electrons. The molecule has 2 aromatic carbocycles. The fourth-order valence-corrected chi connectivity index (χ4v) is 5.49. The van der Waals surface area contributed by atoms with Crippen LogP contribution in [0, 0.1) is 12.8 Å². The third-order valence-corrected chi connectivity index (χ3v) is 7.71. The van der Waals surface area contributed by atoms with Crippen molar-refractivity contribution < 1.29 is 26.3 Å².